The van der Waals surface area contributed by atoms with E-state index in [0.29, 0.717) is 29.7 Å². The molecule has 0 bridgehead atoms. The summed E-state index contributed by atoms with van der Waals surface area (Å²) in [7, 11) is 0. The molecule has 0 aliphatic heterocycles. The molecule has 260 valence electrons. The van der Waals surface area contributed by atoms with Crippen molar-refractivity contribution in [2.24, 2.45) is 11.7 Å². The number of para-hydroxylation sites is 1. The van der Waals surface area contributed by atoms with Crippen LogP contribution in [0.15, 0.2) is 103 Å². The summed E-state index contributed by atoms with van der Waals surface area (Å²) in [5.41, 5.74) is 8.70. The van der Waals surface area contributed by atoms with E-state index >= 15 is 0 Å². The summed E-state index contributed by atoms with van der Waals surface area (Å²) >= 11 is 0. The van der Waals surface area contributed by atoms with Crippen LogP contribution in [0, 0.1) is 5.92 Å². The normalized spacial score (nSPS) is 14.0. The Bertz CT molecular complexity index is 1960. The molecule has 9 nitrogen and oxygen atoms in total. The predicted molar refractivity (Wildman–Crippen MR) is 199 cm³/mol. The van der Waals surface area contributed by atoms with Crippen molar-refractivity contribution in [2.45, 2.75) is 71.1 Å². The van der Waals surface area contributed by atoms with Gasteiger partial charge in [-0.1, -0.05) is 105 Å². The van der Waals surface area contributed by atoms with Gasteiger partial charge in [0.15, 0.2) is 0 Å². The molecule has 9 heteroatoms. The largest absolute Gasteiger partial charge is 0.491 e. The van der Waals surface area contributed by atoms with Crippen LogP contribution in [0.1, 0.15) is 67.4 Å². The number of fused-ring (bicyclic) bond motifs is 2. The molecule has 1 aromatic heterocycles. The van der Waals surface area contributed by atoms with E-state index in [4.69, 9.17) is 10.5 Å². The highest BCUT2D eigenvalue weighted by Crippen LogP contribution is 2.29. The number of amides is 3. The van der Waals surface area contributed by atoms with E-state index in [2.05, 4.69) is 20.9 Å². The lowest BCUT2D eigenvalue weighted by atomic mass is 9.95. The summed E-state index contributed by atoms with van der Waals surface area (Å²) in [6, 6.07) is 30.1. The third kappa shape index (κ3) is 9.03. The van der Waals surface area contributed by atoms with Gasteiger partial charge in [-0.15, -0.1) is 0 Å². The fourth-order valence-electron chi connectivity index (χ4n) is 5.87. The van der Waals surface area contributed by atoms with E-state index in [9.17, 15) is 14.4 Å². The second-order valence-corrected chi connectivity index (χ2v) is 13.9. The number of nitrogens with two attached hydrogens (primary N) is 1. The van der Waals surface area contributed by atoms with Crippen LogP contribution in [0.4, 0.5) is 0 Å². The first-order valence-corrected chi connectivity index (χ1v) is 17.2. The first kappa shape index (κ1) is 36.0. The molecule has 5 aromatic rings. The molecule has 1 heterocycles. The topological polar surface area (TPSA) is 135 Å². The quantitative estimate of drug-likeness (QED) is 0.118. The van der Waals surface area contributed by atoms with Crippen molar-refractivity contribution in [3.63, 3.8) is 0 Å². The number of hydrogen-bond donors (Lipinski definition) is 4. The molecule has 1 unspecified atom stereocenters. The van der Waals surface area contributed by atoms with Crippen LogP contribution in [0.3, 0.4) is 0 Å². The molecule has 0 saturated carbocycles. The highest BCUT2D eigenvalue weighted by Gasteiger charge is 2.31. The zero-order valence-electron chi connectivity index (χ0n) is 29.4. The third-order valence-electron chi connectivity index (χ3n) is 8.79. The Morgan fingerprint density at radius 2 is 1.46 bits per heavy atom. The maximum absolute atomic E-state index is 14.0. The van der Waals surface area contributed by atoms with E-state index in [1.165, 1.54) is 0 Å². The van der Waals surface area contributed by atoms with Crippen molar-refractivity contribution in [2.75, 3.05) is 6.61 Å². The van der Waals surface area contributed by atoms with Crippen molar-refractivity contribution in [1.82, 2.24) is 20.9 Å². The first-order valence-electron chi connectivity index (χ1n) is 17.2. The zero-order chi connectivity index (χ0) is 35.8. The smallest absolute Gasteiger partial charge is 0.270 e. The molecular formula is C41H47N5O4. The van der Waals surface area contributed by atoms with E-state index in [1.807, 2.05) is 126 Å². The minimum absolute atomic E-state index is 0.0211. The monoisotopic (exact) mass is 673 g/mol. The summed E-state index contributed by atoms with van der Waals surface area (Å²) in [5, 5.41) is 11.7. The molecule has 0 saturated heterocycles. The van der Waals surface area contributed by atoms with Crippen molar-refractivity contribution < 1.29 is 19.1 Å². The first-order chi connectivity index (χ1) is 23.9. The Morgan fingerprint density at radius 3 is 2.18 bits per heavy atom. The lowest BCUT2D eigenvalue weighted by molar-refractivity contribution is -0.125. The number of hydrogen-bond acceptors (Lipinski definition) is 6. The number of carbonyl (C=O) groups excluding carboxylic acids is 3. The molecule has 4 atom stereocenters. The molecule has 0 aliphatic carbocycles. The van der Waals surface area contributed by atoms with E-state index in [0.717, 1.165) is 21.7 Å². The van der Waals surface area contributed by atoms with Gasteiger partial charge in [-0.25, -0.2) is 4.98 Å². The number of pyridine rings is 1. The van der Waals surface area contributed by atoms with Gasteiger partial charge in [0.25, 0.3) is 11.8 Å². The van der Waals surface area contributed by atoms with Crippen LogP contribution < -0.4 is 26.4 Å². The molecule has 0 radical (unpaired) electrons. The maximum atomic E-state index is 14.0. The maximum Gasteiger partial charge on any atom is 0.270 e. The third-order valence-corrected chi connectivity index (χ3v) is 8.79. The molecule has 0 aliphatic rings. The van der Waals surface area contributed by atoms with Crippen molar-refractivity contribution in [3.8, 4) is 5.75 Å². The summed E-state index contributed by atoms with van der Waals surface area (Å²) in [6.07, 6.45) is 1.09. The average Bonchev–Trinajstić information content (AvgIpc) is 3.11. The van der Waals surface area contributed by atoms with Crippen LogP contribution in [-0.4, -0.2) is 53.0 Å². The van der Waals surface area contributed by atoms with Gasteiger partial charge in [0.05, 0.1) is 23.2 Å². The van der Waals surface area contributed by atoms with Gasteiger partial charge >= 0.3 is 0 Å². The SMILES string of the molecule is CCC(C)[C@H](NC(=O)c1ccc2ccccc2n1)C(=O)N[C@@H](Cc1ccccc1)[C@@H](N)COc1ccc2ccccc2c1C(=O)NC(C)(C)C. The number of carbonyl (C=O) groups is 3. The molecule has 4 aromatic carbocycles. The Kier molecular flexibility index (Phi) is 11.5. The Hall–Kier alpha value is -5.28. The van der Waals surface area contributed by atoms with Gasteiger partial charge in [0.2, 0.25) is 5.91 Å². The van der Waals surface area contributed by atoms with Gasteiger partial charge in [0.1, 0.15) is 24.1 Å². The summed E-state index contributed by atoms with van der Waals surface area (Å²) in [6.45, 7) is 9.71. The van der Waals surface area contributed by atoms with E-state index in [1.54, 1.807) is 12.1 Å². The highest BCUT2D eigenvalue weighted by molar-refractivity contribution is 6.09. The summed E-state index contributed by atoms with van der Waals surface area (Å²) in [4.78, 5) is 45.5. The number of benzene rings is 4. The van der Waals surface area contributed by atoms with Crippen LogP contribution >= 0.6 is 0 Å². The molecule has 0 fully saturated rings. The minimum atomic E-state index is -0.833. The second-order valence-electron chi connectivity index (χ2n) is 13.9. The van der Waals surface area contributed by atoms with Crippen molar-refractivity contribution in [1.29, 1.82) is 0 Å². The van der Waals surface area contributed by atoms with Gasteiger partial charge in [0, 0.05) is 10.9 Å². The van der Waals surface area contributed by atoms with E-state index < -0.39 is 29.6 Å². The number of rotatable bonds is 13. The lowest BCUT2D eigenvalue weighted by Gasteiger charge is -2.30. The Labute approximate surface area is 294 Å². The summed E-state index contributed by atoms with van der Waals surface area (Å²) in [5.74, 6) is -0.800. The second kappa shape index (κ2) is 16.0. The van der Waals surface area contributed by atoms with Crippen molar-refractivity contribution >= 4 is 39.4 Å². The molecule has 3 amide bonds. The van der Waals surface area contributed by atoms with Gasteiger partial charge in [-0.05, 0) is 67.6 Å². The van der Waals surface area contributed by atoms with Crippen LogP contribution in [0.25, 0.3) is 21.7 Å². The highest BCUT2D eigenvalue weighted by atomic mass is 16.5. The van der Waals surface area contributed by atoms with Crippen LogP contribution in [-0.2, 0) is 11.2 Å². The van der Waals surface area contributed by atoms with Gasteiger partial charge < -0.3 is 26.4 Å². The lowest BCUT2D eigenvalue weighted by Crippen LogP contribution is -2.58. The molecule has 0 spiro atoms. The number of nitrogens with zero attached hydrogens (tertiary/aromatic N) is 1. The van der Waals surface area contributed by atoms with Crippen molar-refractivity contribution in [3.05, 3.63) is 120 Å². The fraction of sp³-hybridized carbons (Fsp3) is 0.317. The molecule has 5 rings (SSSR count). The van der Waals surface area contributed by atoms with Gasteiger partial charge in [-0.2, -0.15) is 0 Å². The number of ether oxygens (including phenoxy) is 1. The van der Waals surface area contributed by atoms with Crippen LogP contribution in [0.2, 0.25) is 0 Å². The molecule has 50 heavy (non-hydrogen) atoms. The predicted octanol–water partition coefficient (Wildman–Crippen LogP) is 6.19. The Morgan fingerprint density at radius 1 is 0.800 bits per heavy atom. The van der Waals surface area contributed by atoms with E-state index in [-0.39, 0.29) is 30.0 Å². The number of nitrogens with one attached hydrogen (secondary N) is 3. The summed E-state index contributed by atoms with van der Waals surface area (Å²) < 4.78 is 6.31. The molecule has 5 N–H and O–H groups in total. The molecular weight excluding hydrogens is 626 g/mol. The van der Waals surface area contributed by atoms with Gasteiger partial charge in [-0.3, -0.25) is 14.4 Å². The fourth-order valence-corrected chi connectivity index (χ4v) is 5.87. The average molecular weight is 674 g/mol. The Balaban J connectivity index is 1.37. The number of aromatic nitrogens is 1. The minimum Gasteiger partial charge on any atom is -0.491 e. The zero-order valence-corrected chi connectivity index (χ0v) is 29.4. The van der Waals surface area contributed by atoms with Crippen LogP contribution in [0.5, 0.6) is 5.75 Å². The standard InChI is InChI=1S/C41H47N5O4/c1-6-26(2)37(45-38(47)33-22-20-29-17-11-13-19-32(29)43-33)40(49)44-34(24-27-14-8-7-9-15-27)31(42)25-50-35-23-21-28-16-10-12-18-30(28)36(35)39(48)46-41(3,4)5/h7-23,26,31,34,37H,6,24-25,42H2,1-5H3,(H,44,49)(H,45,47)(H,46,48)/t26?,31-,34-,37-/m0/s1.